The van der Waals surface area contributed by atoms with Crippen molar-refractivity contribution in [3.8, 4) is 0 Å². The van der Waals surface area contributed by atoms with Crippen molar-refractivity contribution in [2.75, 3.05) is 7.05 Å². The van der Waals surface area contributed by atoms with Gasteiger partial charge in [-0.05, 0) is 5.56 Å². The van der Waals surface area contributed by atoms with Gasteiger partial charge in [-0.15, -0.1) is 0 Å². The quantitative estimate of drug-likeness (QED) is 0.696. The molecule has 0 aliphatic carbocycles. The minimum Gasteiger partial charge on any atom is -0.341 e. The molecule has 4 heteroatoms. The van der Waals surface area contributed by atoms with Gasteiger partial charge in [-0.3, -0.25) is 4.79 Å². The molecule has 0 aromatic heterocycles. The normalized spacial score (nSPS) is 10.4. The molecule has 4 nitrogen and oxygen atoms in total. The molecule has 82 valence electrons. The summed E-state index contributed by atoms with van der Waals surface area (Å²) in [4.78, 5) is 13.2. The van der Waals surface area contributed by atoms with E-state index in [1.165, 1.54) is 0 Å². The van der Waals surface area contributed by atoms with Gasteiger partial charge >= 0.3 is 0 Å². The van der Waals surface area contributed by atoms with Crippen molar-refractivity contribution in [3.63, 3.8) is 0 Å². The van der Waals surface area contributed by atoms with E-state index in [4.69, 9.17) is 11.5 Å². The first-order valence-electron chi connectivity index (χ1n) is 4.88. The maximum atomic E-state index is 11.5. The third-order valence-corrected chi connectivity index (χ3v) is 2.10. The van der Waals surface area contributed by atoms with Crippen molar-refractivity contribution in [1.29, 1.82) is 0 Å². The molecular formula is C11H17N3O. The highest BCUT2D eigenvalue weighted by atomic mass is 16.2. The summed E-state index contributed by atoms with van der Waals surface area (Å²) in [7, 11) is 1.75. The molecule has 0 atom stereocenters. The number of hydrogen-bond donors (Lipinski definition) is 2. The second-order valence-corrected chi connectivity index (χ2v) is 3.60. The standard InChI is InChI=1S/C11H17N3O/c1-14(11(15)7-10(12)13)8-9-5-3-2-4-6-9/h2-6,10H,7-8,12-13H2,1H3. The summed E-state index contributed by atoms with van der Waals surface area (Å²) in [5.74, 6) is -0.0335. The zero-order valence-corrected chi connectivity index (χ0v) is 8.89. The van der Waals surface area contributed by atoms with E-state index in [0.29, 0.717) is 6.54 Å². The Kier molecular flexibility index (Phi) is 4.27. The minimum absolute atomic E-state index is 0.0335. The molecule has 0 heterocycles. The van der Waals surface area contributed by atoms with E-state index in [0.717, 1.165) is 5.56 Å². The summed E-state index contributed by atoms with van der Waals surface area (Å²) < 4.78 is 0. The molecule has 1 aromatic carbocycles. The summed E-state index contributed by atoms with van der Waals surface area (Å²) in [6.45, 7) is 0.590. The third-order valence-electron chi connectivity index (χ3n) is 2.10. The van der Waals surface area contributed by atoms with Crippen molar-refractivity contribution in [2.24, 2.45) is 11.5 Å². The lowest BCUT2D eigenvalue weighted by Gasteiger charge is -2.18. The number of nitrogens with zero attached hydrogens (tertiary/aromatic N) is 1. The second-order valence-electron chi connectivity index (χ2n) is 3.60. The lowest BCUT2D eigenvalue weighted by Crippen LogP contribution is -2.38. The topological polar surface area (TPSA) is 72.3 Å². The number of amides is 1. The van der Waals surface area contributed by atoms with Crippen LogP contribution in [0.3, 0.4) is 0 Å². The summed E-state index contributed by atoms with van der Waals surface area (Å²) in [5, 5.41) is 0. The van der Waals surface area contributed by atoms with Crippen LogP contribution in [0.1, 0.15) is 12.0 Å². The molecular weight excluding hydrogens is 190 g/mol. The Hall–Kier alpha value is -1.39. The van der Waals surface area contributed by atoms with Crippen molar-refractivity contribution >= 4 is 5.91 Å². The van der Waals surface area contributed by atoms with Gasteiger partial charge in [0.15, 0.2) is 0 Å². The smallest absolute Gasteiger partial charge is 0.225 e. The number of benzene rings is 1. The molecule has 0 bridgehead atoms. The highest BCUT2D eigenvalue weighted by molar-refractivity contribution is 5.76. The van der Waals surface area contributed by atoms with E-state index in [1.807, 2.05) is 30.3 Å². The van der Waals surface area contributed by atoms with Crippen LogP contribution in [0.5, 0.6) is 0 Å². The molecule has 1 amide bonds. The molecule has 0 unspecified atom stereocenters. The van der Waals surface area contributed by atoms with E-state index in [1.54, 1.807) is 11.9 Å². The molecule has 0 saturated heterocycles. The highest BCUT2D eigenvalue weighted by Gasteiger charge is 2.10. The maximum Gasteiger partial charge on any atom is 0.225 e. The van der Waals surface area contributed by atoms with Gasteiger partial charge < -0.3 is 16.4 Å². The van der Waals surface area contributed by atoms with Gasteiger partial charge in [-0.1, -0.05) is 30.3 Å². The Labute approximate surface area is 89.9 Å². The number of carbonyl (C=O) groups is 1. The first-order valence-corrected chi connectivity index (χ1v) is 4.88. The van der Waals surface area contributed by atoms with Gasteiger partial charge in [-0.25, -0.2) is 0 Å². The van der Waals surface area contributed by atoms with Crippen LogP contribution in [0.4, 0.5) is 0 Å². The van der Waals surface area contributed by atoms with Crippen LogP contribution < -0.4 is 11.5 Å². The average molecular weight is 207 g/mol. The molecule has 0 aliphatic heterocycles. The van der Waals surface area contributed by atoms with Gasteiger partial charge in [0.25, 0.3) is 0 Å². The summed E-state index contributed by atoms with van der Waals surface area (Å²) in [6, 6.07) is 9.80. The van der Waals surface area contributed by atoms with Crippen molar-refractivity contribution in [2.45, 2.75) is 19.1 Å². The molecule has 0 saturated carbocycles. The van der Waals surface area contributed by atoms with Crippen LogP contribution in [-0.2, 0) is 11.3 Å². The van der Waals surface area contributed by atoms with Crippen LogP contribution in [-0.4, -0.2) is 24.0 Å². The number of rotatable bonds is 4. The molecule has 1 rings (SSSR count). The lowest BCUT2D eigenvalue weighted by atomic mass is 10.2. The first-order chi connectivity index (χ1) is 7.09. The Morgan fingerprint density at radius 1 is 1.33 bits per heavy atom. The third kappa shape index (κ3) is 4.10. The largest absolute Gasteiger partial charge is 0.341 e. The molecule has 0 spiro atoms. The predicted octanol–water partition coefficient (Wildman–Crippen LogP) is 0.279. The summed E-state index contributed by atoms with van der Waals surface area (Å²) in [5.41, 5.74) is 11.8. The van der Waals surface area contributed by atoms with Gasteiger partial charge in [0.2, 0.25) is 5.91 Å². The molecule has 0 aliphatic rings. The molecule has 0 radical (unpaired) electrons. The Morgan fingerprint density at radius 2 is 1.93 bits per heavy atom. The number of hydrogen-bond acceptors (Lipinski definition) is 3. The van der Waals surface area contributed by atoms with Crippen LogP contribution in [0.2, 0.25) is 0 Å². The fraction of sp³-hybridized carbons (Fsp3) is 0.364. The second kappa shape index (κ2) is 5.48. The van der Waals surface area contributed by atoms with Gasteiger partial charge in [-0.2, -0.15) is 0 Å². The van der Waals surface area contributed by atoms with E-state index in [9.17, 15) is 4.79 Å². The molecule has 15 heavy (non-hydrogen) atoms. The Bertz CT molecular complexity index is 311. The molecule has 1 aromatic rings. The molecule has 0 fully saturated rings. The van der Waals surface area contributed by atoms with Crippen LogP contribution in [0, 0.1) is 0 Å². The summed E-state index contributed by atoms with van der Waals surface area (Å²) in [6.07, 6.45) is -0.390. The minimum atomic E-state index is -0.573. The predicted molar refractivity (Wildman–Crippen MR) is 59.7 cm³/mol. The number of nitrogens with two attached hydrogens (primary N) is 2. The van der Waals surface area contributed by atoms with Crippen molar-refractivity contribution in [1.82, 2.24) is 4.90 Å². The van der Waals surface area contributed by atoms with Crippen molar-refractivity contribution < 1.29 is 4.79 Å². The highest BCUT2D eigenvalue weighted by Crippen LogP contribution is 2.03. The van der Waals surface area contributed by atoms with E-state index in [-0.39, 0.29) is 12.3 Å². The maximum absolute atomic E-state index is 11.5. The van der Waals surface area contributed by atoms with E-state index < -0.39 is 6.17 Å². The fourth-order valence-electron chi connectivity index (χ4n) is 1.30. The van der Waals surface area contributed by atoms with E-state index >= 15 is 0 Å². The van der Waals surface area contributed by atoms with Crippen molar-refractivity contribution in [3.05, 3.63) is 35.9 Å². The zero-order valence-electron chi connectivity index (χ0n) is 8.89. The average Bonchev–Trinajstić information content (AvgIpc) is 2.18. The summed E-state index contributed by atoms with van der Waals surface area (Å²) >= 11 is 0. The Morgan fingerprint density at radius 3 is 2.47 bits per heavy atom. The first kappa shape index (κ1) is 11.7. The van der Waals surface area contributed by atoms with E-state index in [2.05, 4.69) is 0 Å². The van der Waals surface area contributed by atoms with Gasteiger partial charge in [0.1, 0.15) is 0 Å². The Balaban J connectivity index is 2.49. The zero-order chi connectivity index (χ0) is 11.3. The fourth-order valence-corrected chi connectivity index (χ4v) is 1.30. The van der Waals surface area contributed by atoms with Crippen LogP contribution in [0.15, 0.2) is 30.3 Å². The van der Waals surface area contributed by atoms with Gasteiger partial charge in [0, 0.05) is 13.6 Å². The number of carbonyl (C=O) groups excluding carboxylic acids is 1. The lowest BCUT2D eigenvalue weighted by molar-refractivity contribution is -0.130. The van der Waals surface area contributed by atoms with Gasteiger partial charge in [0.05, 0.1) is 12.6 Å². The van der Waals surface area contributed by atoms with Crippen LogP contribution in [0.25, 0.3) is 0 Å². The molecule has 4 N–H and O–H groups in total. The SMILES string of the molecule is CN(Cc1ccccc1)C(=O)CC(N)N. The monoisotopic (exact) mass is 207 g/mol. The van der Waals surface area contributed by atoms with Crippen LogP contribution >= 0.6 is 0 Å².